The van der Waals surface area contributed by atoms with Gasteiger partial charge in [-0.05, 0) is 30.3 Å². The number of nitrogen functional groups attached to an aromatic ring is 1. The fourth-order valence-corrected chi connectivity index (χ4v) is 2.80. The summed E-state index contributed by atoms with van der Waals surface area (Å²) >= 11 is 0. The molecule has 3 nitrogen and oxygen atoms in total. The summed E-state index contributed by atoms with van der Waals surface area (Å²) in [5.41, 5.74) is 7.18. The van der Waals surface area contributed by atoms with E-state index in [1.807, 2.05) is 12.1 Å². The number of aromatic amines is 1. The molecule has 2 rings (SSSR count). The van der Waals surface area contributed by atoms with Crippen LogP contribution in [0.4, 0.5) is 10.1 Å². The summed E-state index contributed by atoms with van der Waals surface area (Å²) in [5.74, 6) is -0.376. The van der Waals surface area contributed by atoms with Crippen molar-refractivity contribution in [1.82, 2.24) is 4.98 Å². The minimum Gasteiger partial charge on any atom is -0.412 e. The Labute approximate surface area is 120 Å². The van der Waals surface area contributed by atoms with E-state index in [1.165, 1.54) is 0 Å². The molecule has 0 aliphatic heterocycles. The average Bonchev–Trinajstić information content (AvgIpc) is 2.79. The van der Waals surface area contributed by atoms with Crippen LogP contribution in [-0.2, 0) is 11.0 Å². The van der Waals surface area contributed by atoms with E-state index in [4.69, 9.17) is 10.2 Å². The van der Waals surface area contributed by atoms with E-state index in [2.05, 4.69) is 38.8 Å². The molecule has 0 spiro atoms. The van der Waals surface area contributed by atoms with Gasteiger partial charge in [-0.3, -0.25) is 0 Å². The fourth-order valence-electron chi connectivity index (χ4n) is 1.85. The molecular weight excluding hydrogens is 271 g/mol. The Morgan fingerprint density at radius 3 is 2.60 bits per heavy atom. The van der Waals surface area contributed by atoms with Crippen molar-refractivity contribution in [1.29, 1.82) is 0 Å². The van der Waals surface area contributed by atoms with Crippen molar-refractivity contribution in [3.8, 4) is 0 Å². The van der Waals surface area contributed by atoms with E-state index >= 15 is 0 Å². The zero-order valence-corrected chi connectivity index (χ0v) is 13.8. The van der Waals surface area contributed by atoms with Crippen molar-refractivity contribution in [3.05, 3.63) is 29.7 Å². The molecule has 0 saturated carbocycles. The van der Waals surface area contributed by atoms with Gasteiger partial charge in [0.2, 0.25) is 0 Å². The summed E-state index contributed by atoms with van der Waals surface area (Å²) in [6.07, 6.45) is 1.76. The molecule has 0 aliphatic rings. The van der Waals surface area contributed by atoms with Gasteiger partial charge in [0.15, 0.2) is 14.1 Å². The molecule has 0 unspecified atom stereocenters. The maximum absolute atomic E-state index is 14.3. The number of H-pyrrole nitrogens is 1. The van der Waals surface area contributed by atoms with Gasteiger partial charge in [-0.1, -0.05) is 20.8 Å². The molecule has 0 atom stereocenters. The van der Waals surface area contributed by atoms with Crippen LogP contribution in [0, 0.1) is 5.82 Å². The lowest BCUT2D eigenvalue weighted by Gasteiger charge is -2.36. The number of aromatic nitrogens is 1. The molecule has 0 bridgehead atoms. The molecule has 1 aromatic heterocycles. The van der Waals surface area contributed by atoms with Gasteiger partial charge >= 0.3 is 0 Å². The second kappa shape index (κ2) is 4.89. The van der Waals surface area contributed by atoms with Crippen LogP contribution in [0.5, 0.6) is 0 Å². The molecule has 110 valence electrons. The lowest BCUT2D eigenvalue weighted by atomic mass is 10.1. The van der Waals surface area contributed by atoms with Crippen LogP contribution in [0.25, 0.3) is 10.9 Å². The van der Waals surface area contributed by atoms with Gasteiger partial charge in [0.05, 0.1) is 17.8 Å². The van der Waals surface area contributed by atoms with Gasteiger partial charge < -0.3 is 15.1 Å². The normalized spacial score (nSPS) is 13.1. The molecule has 1 heterocycles. The maximum Gasteiger partial charge on any atom is 0.192 e. The first kappa shape index (κ1) is 15.1. The average molecular weight is 294 g/mol. The van der Waals surface area contributed by atoms with Gasteiger partial charge in [-0.2, -0.15) is 0 Å². The van der Waals surface area contributed by atoms with E-state index in [9.17, 15) is 4.39 Å². The lowest BCUT2D eigenvalue weighted by molar-refractivity contribution is 0.271. The van der Waals surface area contributed by atoms with Crippen molar-refractivity contribution in [3.63, 3.8) is 0 Å². The van der Waals surface area contributed by atoms with Gasteiger partial charge in [0.25, 0.3) is 0 Å². The van der Waals surface area contributed by atoms with Gasteiger partial charge in [-0.25, -0.2) is 4.39 Å². The number of nitrogens with one attached hydrogen (secondary N) is 1. The molecule has 5 heteroatoms. The Kier molecular flexibility index (Phi) is 3.69. The molecular formula is C15H23FN2OSi. The van der Waals surface area contributed by atoms with E-state index in [0.717, 1.165) is 5.39 Å². The molecule has 0 aliphatic carbocycles. The number of rotatable bonds is 3. The monoisotopic (exact) mass is 294 g/mol. The molecule has 1 aromatic carbocycles. The van der Waals surface area contributed by atoms with Gasteiger partial charge in [-0.15, -0.1) is 0 Å². The van der Waals surface area contributed by atoms with Crippen LogP contribution in [0.2, 0.25) is 18.1 Å². The Bertz CT molecular complexity index is 629. The Balaban J connectivity index is 2.29. The topological polar surface area (TPSA) is 51.0 Å². The first-order chi connectivity index (χ1) is 9.13. The SMILES string of the molecule is CC(C)(C)[Si](C)(C)OCc1cc2cc[nH]c2c(N)c1F. The number of hydrogen-bond acceptors (Lipinski definition) is 2. The third-order valence-electron chi connectivity index (χ3n) is 4.29. The van der Waals surface area contributed by atoms with Crippen LogP contribution in [-0.4, -0.2) is 13.3 Å². The summed E-state index contributed by atoms with van der Waals surface area (Å²) in [7, 11) is -1.89. The predicted molar refractivity (Wildman–Crippen MR) is 84.7 cm³/mol. The predicted octanol–water partition coefficient (Wildman–Crippen LogP) is 4.41. The number of hydrogen-bond donors (Lipinski definition) is 2. The lowest BCUT2D eigenvalue weighted by Crippen LogP contribution is -2.40. The molecule has 2 aromatic rings. The minimum atomic E-state index is -1.89. The van der Waals surface area contributed by atoms with Crippen LogP contribution in [0.15, 0.2) is 18.3 Å². The Morgan fingerprint density at radius 2 is 2.00 bits per heavy atom. The van der Waals surface area contributed by atoms with E-state index in [1.54, 1.807) is 6.20 Å². The van der Waals surface area contributed by atoms with Gasteiger partial charge in [0.1, 0.15) is 0 Å². The van der Waals surface area contributed by atoms with Crippen LogP contribution in [0.3, 0.4) is 0 Å². The zero-order valence-electron chi connectivity index (χ0n) is 12.8. The van der Waals surface area contributed by atoms with Crippen LogP contribution < -0.4 is 5.73 Å². The van der Waals surface area contributed by atoms with E-state index in [0.29, 0.717) is 11.1 Å². The van der Waals surface area contributed by atoms with Crippen molar-refractivity contribution < 1.29 is 8.82 Å². The van der Waals surface area contributed by atoms with Crippen molar-refractivity contribution in [2.75, 3.05) is 5.73 Å². The first-order valence-corrected chi connectivity index (χ1v) is 9.72. The highest BCUT2D eigenvalue weighted by Crippen LogP contribution is 2.37. The first-order valence-electron chi connectivity index (χ1n) is 6.81. The Hall–Kier alpha value is -1.33. The number of nitrogens with two attached hydrogens (primary N) is 1. The summed E-state index contributed by atoms with van der Waals surface area (Å²) in [4.78, 5) is 2.96. The van der Waals surface area contributed by atoms with E-state index < -0.39 is 8.32 Å². The standard InChI is InChI=1S/C15H23FN2OSi/c1-15(2,3)20(4,5)19-9-11-8-10-6-7-18-14(10)13(17)12(11)16/h6-8,18H,9,17H2,1-5H3. The molecule has 0 radical (unpaired) electrons. The maximum atomic E-state index is 14.3. The van der Waals surface area contributed by atoms with Crippen molar-refractivity contribution >= 4 is 24.9 Å². The highest BCUT2D eigenvalue weighted by molar-refractivity contribution is 6.74. The van der Waals surface area contributed by atoms with Crippen molar-refractivity contribution in [2.24, 2.45) is 0 Å². The largest absolute Gasteiger partial charge is 0.412 e. The zero-order chi connectivity index (χ0) is 15.1. The van der Waals surface area contributed by atoms with Gasteiger partial charge in [0, 0.05) is 17.1 Å². The van der Waals surface area contributed by atoms with Crippen LogP contribution in [0.1, 0.15) is 26.3 Å². The quantitative estimate of drug-likeness (QED) is 0.650. The van der Waals surface area contributed by atoms with Crippen molar-refractivity contribution in [2.45, 2.75) is 45.5 Å². The number of halogens is 1. The number of anilines is 1. The summed E-state index contributed by atoms with van der Waals surface area (Å²) in [6.45, 7) is 11.1. The second-order valence-corrected chi connectivity index (χ2v) is 11.6. The molecule has 0 saturated heterocycles. The molecule has 0 amide bonds. The summed E-state index contributed by atoms with van der Waals surface area (Å²) in [5, 5.41) is 1.02. The summed E-state index contributed by atoms with van der Waals surface area (Å²) < 4.78 is 20.3. The van der Waals surface area contributed by atoms with E-state index in [-0.39, 0.29) is 23.1 Å². The smallest absolute Gasteiger partial charge is 0.192 e. The molecule has 20 heavy (non-hydrogen) atoms. The third kappa shape index (κ3) is 2.60. The van der Waals surface area contributed by atoms with Crippen LogP contribution >= 0.6 is 0 Å². The second-order valence-electron chi connectivity index (χ2n) is 6.75. The highest BCUT2D eigenvalue weighted by atomic mass is 28.4. The minimum absolute atomic E-state index is 0.104. The number of benzene rings is 1. The fraction of sp³-hybridized carbons (Fsp3) is 0.467. The number of fused-ring (bicyclic) bond motifs is 1. The Morgan fingerprint density at radius 1 is 1.35 bits per heavy atom. The molecule has 0 fully saturated rings. The summed E-state index contributed by atoms with van der Waals surface area (Å²) in [6, 6.07) is 3.70. The third-order valence-corrected chi connectivity index (χ3v) is 8.77. The highest BCUT2D eigenvalue weighted by Gasteiger charge is 2.37. The molecule has 3 N–H and O–H groups in total.